The molecule has 92 valence electrons. The molecule has 0 radical (unpaired) electrons. The van der Waals surface area contributed by atoms with E-state index in [4.69, 9.17) is 4.74 Å². The van der Waals surface area contributed by atoms with Gasteiger partial charge in [-0.25, -0.2) is 0 Å². The van der Waals surface area contributed by atoms with Crippen molar-refractivity contribution in [2.45, 2.75) is 32.9 Å². The molecule has 0 bridgehead atoms. The van der Waals surface area contributed by atoms with Crippen LogP contribution in [0.3, 0.4) is 0 Å². The Morgan fingerprint density at radius 1 is 1.50 bits per heavy atom. The lowest BCUT2D eigenvalue weighted by Crippen LogP contribution is -2.33. The minimum Gasteiger partial charge on any atom is -0.496 e. The standard InChI is InChI=1S/C12H21NO2S/c1-9(2)6-10(8-14)13-7-12-11(15-3)4-5-16-12/h4-5,9-10,13-14H,6-8H2,1-3H3. The summed E-state index contributed by atoms with van der Waals surface area (Å²) in [6.07, 6.45) is 0.990. The Morgan fingerprint density at radius 3 is 2.81 bits per heavy atom. The van der Waals surface area contributed by atoms with Crippen LogP contribution in [-0.4, -0.2) is 24.9 Å². The monoisotopic (exact) mass is 243 g/mol. The van der Waals surface area contributed by atoms with Crippen LogP contribution in [0.2, 0.25) is 0 Å². The molecule has 0 aromatic carbocycles. The van der Waals surface area contributed by atoms with Gasteiger partial charge >= 0.3 is 0 Å². The van der Waals surface area contributed by atoms with Gasteiger partial charge in [-0.15, -0.1) is 11.3 Å². The van der Waals surface area contributed by atoms with Crippen LogP contribution in [-0.2, 0) is 6.54 Å². The Morgan fingerprint density at radius 2 is 2.25 bits per heavy atom. The molecule has 0 saturated heterocycles. The van der Waals surface area contributed by atoms with Crippen LogP contribution in [0.5, 0.6) is 5.75 Å². The fourth-order valence-corrected chi connectivity index (χ4v) is 2.46. The summed E-state index contributed by atoms with van der Waals surface area (Å²) >= 11 is 1.68. The number of methoxy groups -OCH3 is 1. The smallest absolute Gasteiger partial charge is 0.134 e. The van der Waals surface area contributed by atoms with Gasteiger partial charge in [-0.1, -0.05) is 13.8 Å². The lowest BCUT2D eigenvalue weighted by atomic mass is 10.0. The van der Waals surface area contributed by atoms with E-state index in [1.165, 1.54) is 4.88 Å². The molecular weight excluding hydrogens is 222 g/mol. The third-order valence-electron chi connectivity index (χ3n) is 2.45. The predicted octanol–water partition coefficient (Wildman–Crippen LogP) is 2.25. The van der Waals surface area contributed by atoms with Gasteiger partial charge in [0, 0.05) is 12.6 Å². The van der Waals surface area contributed by atoms with Gasteiger partial charge in [0.2, 0.25) is 0 Å². The molecular formula is C12H21NO2S. The molecule has 0 aliphatic heterocycles. The second-order valence-electron chi connectivity index (χ2n) is 4.30. The molecule has 1 aromatic heterocycles. The lowest BCUT2D eigenvalue weighted by Gasteiger charge is -2.18. The van der Waals surface area contributed by atoms with Crippen LogP contribution < -0.4 is 10.1 Å². The normalized spacial score (nSPS) is 13.1. The summed E-state index contributed by atoms with van der Waals surface area (Å²) in [5, 5.41) is 14.6. The van der Waals surface area contributed by atoms with Crippen LogP contribution in [0.25, 0.3) is 0 Å². The Hall–Kier alpha value is -0.580. The van der Waals surface area contributed by atoms with Crippen molar-refractivity contribution in [1.82, 2.24) is 5.32 Å². The first-order valence-corrected chi connectivity index (χ1v) is 6.50. The molecule has 0 aliphatic rings. The molecule has 1 rings (SSSR count). The van der Waals surface area contributed by atoms with Crippen molar-refractivity contribution in [3.05, 3.63) is 16.3 Å². The van der Waals surface area contributed by atoms with Gasteiger partial charge < -0.3 is 15.2 Å². The van der Waals surface area contributed by atoms with Crippen molar-refractivity contribution < 1.29 is 9.84 Å². The SMILES string of the molecule is COc1ccsc1CNC(CO)CC(C)C. The van der Waals surface area contributed by atoms with Gasteiger partial charge in [0.25, 0.3) is 0 Å². The van der Waals surface area contributed by atoms with Crippen LogP contribution in [0, 0.1) is 5.92 Å². The number of nitrogens with one attached hydrogen (secondary N) is 1. The maximum atomic E-state index is 9.24. The molecule has 0 fully saturated rings. The predicted molar refractivity (Wildman–Crippen MR) is 68.0 cm³/mol. The number of aliphatic hydroxyl groups is 1. The Balaban J connectivity index is 2.43. The molecule has 3 nitrogen and oxygen atoms in total. The van der Waals surface area contributed by atoms with Gasteiger partial charge in [-0.05, 0) is 23.8 Å². The first kappa shape index (κ1) is 13.5. The summed E-state index contributed by atoms with van der Waals surface area (Å²) in [4.78, 5) is 1.18. The molecule has 0 spiro atoms. The lowest BCUT2D eigenvalue weighted by molar-refractivity contribution is 0.223. The fourth-order valence-electron chi connectivity index (χ4n) is 1.67. The molecule has 1 heterocycles. The minimum atomic E-state index is 0.173. The van der Waals surface area contributed by atoms with Gasteiger partial charge in [0.1, 0.15) is 5.75 Å². The highest BCUT2D eigenvalue weighted by molar-refractivity contribution is 7.10. The number of ether oxygens (including phenoxy) is 1. The van der Waals surface area contributed by atoms with Crippen molar-refractivity contribution in [3.63, 3.8) is 0 Å². The average molecular weight is 243 g/mol. The zero-order chi connectivity index (χ0) is 12.0. The van der Waals surface area contributed by atoms with E-state index < -0.39 is 0 Å². The summed E-state index contributed by atoms with van der Waals surface area (Å²) in [5.41, 5.74) is 0. The second kappa shape index (κ2) is 6.89. The van der Waals surface area contributed by atoms with E-state index in [9.17, 15) is 5.11 Å². The fraction of sp³-hybridized carbons (Fsp3) is 0.667. The van der Waals surface area contributed by atoms with E-state index in [1.807, 2.05) is 11.4 Å². The number of aliphatic hydroxyl groups excluding tert-OH is 1. The van der Waals surface area contributed by atoms with Gasteiger partial charge in [-0.3, -0.25) is 0 Å². The Bertz CT molecular complexity index is 299. The van der Waals surface area contributed by atoms with Crippen molar-refractivity contribution in [3.8, 4) is 5.75 Å². The number of hydrogen-bond acceptors (Lipinski definition) is 4. The number of thiophene rings is 1. The quantitative estimate of drug-likeness (QED) is 0.772. The highest BCUT2D eigenvalue weighted by atomic mass is 32.1. The van der Waals surface area contributed by atoms with E-state index in [1.54, 1.807) is 18.4 Å². The van der Waals surface area contributed by atoms with Crippen molar-refractivity contribution in [2.75, 3.05) is 13.7 Å². The summed E-state index contributed by atoms with van der Waals surface area (Å²) in [5.74, 6) is 1.52. The number of rotatable bonds is 7. The summed E-state index contributed by atoms with van der Waals surface area (Å²) in [6, 6.07) is 2.14. The van der Waals surface area contributed by atoms with Crippen molar-refractivity contribution in [2.24, 2.45) is 5.92 Å². The number of hydrogen-bond donors (Lipinski definition) is 2. The zero-order valence-corrected chi connectivity index (χ0v) is 11.0. The Labute approximate surface area is 101 Å². The molecule has 0 aliphatic carbocycles. The van der Waals surface area contributed by atoms with E-state index in [0.717, 1.165) is 18.7 Å². The highest BCUT2D eigenvalue weighted by Crippen LogP contribution is 2.24. The van der Waals surface area contributed by atoms with E-state index in [0.29, 0.717) is 5.92 Å². The molecule has 0 saturated carbocycles. The molecule has 4 heteroatoms. The van der Waals surface area contributed by atoms with Crippen LogP contribution in [0.4, 0.5) is 0 Å². The third-order valence-corrected chi connectivity index (χ3v) is 3.35. The first-order chi connectivity index (χ1) is 7.67. The maximum Gasteiger partial charge on any atom is 0.134 e. The van der Waals surface area contributed by atoms with Gasteiger partial charge in [0.05, 0.1) is 18.6 Å². The topological polar surface area (TPSA) is 41.5 Å². The molecule has 1 aromatic rings. The van der Waals surface area contributed by atoms with Crippen LogP contribution >= 0.6 is 11.3 Å². The highest BCUT2D eigenvalue weighted by Gasteiger charge is 2.11. The van der Waals surface area contributed by atoms with E-state index in [-0.39, 0.29) is 12.6 Å². The molecule has 0 amide bonds. The summed E-state index contributed by atoms with van der Waals surface area (Å²) in [7, 11) is 1.68. The molecule has 1 unspecified atom stereocenters. The second-order valence-corrected chi connectivity index (χ2v) is 5.30. The molecule has 2 N–H and O–H groups in total. The molecule has 16 heavy (non-hydrogen) atoms. The Kier molecular flexibility index (Phi) is 5.80. The zero-order valence-electron chi connectivity index (χ0n) is 10.2. The van der Waals surface area contributed by atoms with E-state index in [2.05, 4.69) is 19.2 Å². The van der Waals surface area contributed by atoms with Gasteiger partial charge in [-0.2, -0.15) is 0 Å². The summed E-state index contributed by atoms with van der Waals surface area (Å²) in [6.45, 7) is 5.27. The van der Waals surface area contributed by atoms with Crippen LogP contribution in [0.1, 0.15) is 25.1 Å². The summed E-state index contributed by atoms with van der Waals surface area (Å²) < 4.78 is 5.24. The maximum absolute atomic E-state index is 9.24. The van der Waals surface area contributed by atoms with Crippen molar-refractivity contribution in [1.29, 1.82) is 0 Å². The van der Waals surface area contributed by atoms with Crippen molar-refractivity contribution >= 4 is 11.3 Å². The third kappa shape index (κ3) is 4.12. The minimum absolute atomic E-state index is 0.173. The average Bonchev–Trinajstić information content (AvgIpc) is 2.70. The van der Waals surface area contributed by atoms with Gasteiger partial charge in [0.15, 0.2) is 0 Å². The molecule has 1 atom stereocenters. The largest absolute Gasteiger partial charge is 0.496 e. The van der Waals surface area contributed by atoms with Crippen LogP contribution in [0.15, 0.2) is 11.4 Å². The van der Waals surface area contributed by atoms with E-state index >= 15 is 0 Å². The first-order valence-electron chi connectivity index (χ1n) is 5.62.